The Labute approximate surface area is 233 Å². The van der Waals surface area contributed by atoms with Crippen molar-refractivity contribution in [1.82, 2.24) is 14.8 Å². The first-order valence-corrected chi connectivity index (χ1v) is 14.3. The third kappa shape index (κ3) is 4.58. The second kappa shape index (κ2) is 10.4. The zero-order valence-corrected chi connectivity index (χ0v) is 22.7. The Balaban J connectivity index is 0.996. The summed E-state index contributed by atoms with van der Waals surface area (Å²) in [5.74, 6) is 0.682. The lowest BCUT2D eigenvalue weighted by atomic mass is 9.96. The molecule has 40 heavy (non-hydrogen) atoms. The van der Waals surface area contributed by atoms with Crippen LogP contribution in [-0.2, 0) is 27.1 Å². The number of esters is 1. The van der Waals surface area contributed by atoms with Crippen molar-refractivity contribution in [3.8, 4) is 0 Å². The summed E-state index contributed by atoms with van der Waals surface area (Å²) in [6.07, 6.45) is 6.68. The number of cyclic esters (lactones) is 1. The standard InChI is InChI=1S/C30H34N6O4/c1-19-8-10-31-32-18-36(19)28-7-5-24-25(4-6-26(24)33-28)29(37)35-12-11-34-16-27(40-17-22(34)15-35)21-2-3-23-20(14-21)9-13-39-30(23)38/h2-3,5,7,10,14,18-19,22,25,27H,4,6,8-9,11-13,15-17H2,1H3. The van der Waals surface area contributed by atoms with Gasteiger partial charge in [-0.3, -0.25) is 9.69 Å². The number of pyridine rings is 1. The highest BCUT2D eigenvalue weighted by Crippen LogP contribution is 2.36. The van der Waals surface area contributed by atoms with Crippen molar-refractivity contribution >= 4 is 30.2 Å². The normalized spacial score (nSPS) is 28.0. The number of morpholine rings is 1. The lowest BCUT2D eigenvalue weighted by Crippen LogP contribution is -2.60. The maximum Gasteiger partial charge on any atom is 0.338 e. The third-order valence-corrected chi connectivity index (χ3v) is 8.98. The Morgan fingerprint density at radius 1 is 1.07 bits per heavy atom. The molecule has 7 rings (SSSR count). The van der Waals surface area contributed by atoms with E-state index in [0.29, 0.717) is 25.3 Å². The number of carbonyl (C=O) groups excluding carboxylic acids is 2. The summed E-state index contributed by atoms with van der Waals surface area (Å²) >= 11 is 0. The number of amides is 1. The van der Waals surface area contributed by atoms with E-state index < -0.39 is 0 Å². The van der Waals surface area contributed by atoms with Crippen molar-refractivity contribution in [2.75, 3.05) is 44.3 Å². The molecule has 2 saturated heterocycles. The lowest BCUT2D eigenvalue weighted by molar-refractivity contribution is -0.141. The Hall–Kier alpha value is -3.63. The van der Waals surface area contributed by atoms with Gasteiger partial charge in [0.25, 0.3) is 0 Å². The summed E-state index contributed by atoms with van der Waals surface area (Å²) in [5.41, 5.74) is 4.88. The van der Waals surface area contributed by atoms with Crippen molar-refractivity contribution in [3.05, 3.63) is 58.3 Å². The molecule has 10 nitrogen and oxygen atoms in total. The van der Waals surface area contributed by atoms with Crippen LogP contribution in [0.5, 0.6) is 0 Å². The van der Waals surface area contributed by atoms with E-state index >= 15 is 0 Å². The summed E-state index contributed by atoms with van der Waals surface area (Å²) in [4.78, 5) is 37.2. The van der Waals surface area contributed by atoms with Crippen LogP contribution in [0.2, 0.25) is 0 Å². The molecule has 2 fully saturated rings. The van der Waals surface area contributed by atoms with Gasteiger partial charge < -0.3 is 19.3 Å². The molecule has 4 atom stereocenters. The van der Waals surface area contributed by atoms with Crippen molar-refractivity contribution < 1.29 is 19.1 Å². The number of aryl methyl sites for hydroxylation is 1. The number of nitrogens with zero attached hydrogens (tertiary/aromatic N) is 6. The van der Waals surface area contributed by atoms with Crippen molar-refractivity contribution in [2.45, 2.75) is 56.7 Å². The fourth-order valence-corrected chi connectivity index (χ4v) is 6.66. The number of benzene rings is 1. The molecular formula is C30H34N6O4. The first-order chi connectivity index (χ1) is 19.5. The van der Waals surface area contributed by atoms with Gasteiger partial charge in [0.1, 0.15) is 12.2 Å². The Kier molecular flexibility index (Phi) is 6.59. The van der Waals surface area contributed by atoms with Crippen LogP contribution in [0.15, 0.2) is 40.5 Å². The van der Waals surface area contributed by atoms with Crippen LogP contribution in [-0.4, -0.2) is 90.7 Å². The molecule has 0 spiro atoms. The Bertz CT molecular complexity index is 1390. The molecule has 1 aliphatic carbocycles. The molecule has 0 saturated carbocycles. The van der Waals surface area contributed by atoms with Crippen LogP contribution in [0, 0.1) is 0 Å². The second-order valence-corrected chi connectivity index (χ2v) is 11.4. The number of rotatable bonds is 3. The van der Waals surface area contributed by atoms with Gasteiger partial charge in [-0.25, -0.2) is 9.78 Å². The van der Waals surface area contributed by atoms with Gasteiger partial charge in [-0.05, 0) is 48.6 Å². The fourth-order valence-electron chi connectivity index (χ4n) is 6.66. The minimum atomic E-state index is -0.240. The summed E-state index contributed by atoms with van der Waals surface area (Å²) in [7, 11) is 0. The highest BCUT2D eigenvalue weighted by Gasteiger charge is 2.39. The number of fused-ring (bicyclic) bond motifs is 3. The Morgan fingerprint density at radius 3 is 2.92 bits per heavy atom. The van der Waals surface area contributed by atoms with Crippen molar-refractivity contribution in [1.29, 1.82) is 0 Å². The topological polar surface area (TPSA) is 99.9 Å². The highest BCUT2D eigenvalue weighted by molar-refractivity contribution is 5.92. The predicted molar refractivity (Wildman–Crippen MR) is 150 cm³/mol. The molecule has 0 N–H and O–H groups in total. The third-order valence-electron chi connectivity index (χ3n) is 8.98. The van der Waals surface area contributed by atoms with E-state index in [0.717, 1.165) is 73.5 Å². The van der Waals surface area contributed by atoms with Gasteiger partial charge in [-0.1, -0.05) is 18.2 Å². The first-order valence-electron chi connectivity index (χ1n) is 14.3. The maximum atomic E-state index is 13.7. The van der Waals surface area contributed by atoms with Gasteiger partial charge in [0, 0.05) is 57.0 Å². The quantitative estimate of drug-likeness (QED) is 0.550. The number of anilines is 1. The molecule has 1 aromatic heterocycles. The van der Waals surface area contributed by atoms with Crippen LogP contribution < -0.4 is 4.90 Å². The van der Waals surface area contributed by atoms with Crippen LogP contribution in [0.25, 0.3) is 0 Å². The average molecular weight is 543 g/mol. The fraction of sp³-hybridized carbons (Fsp3) is 0.500. The van der Waals surface area contributed by atoms with E-state index in [-0.39, 0.29) is 36.0 Å². The highest BCUT2D eigenvalue weighted by atomic mass is 16.5. The van der Waals surface area contributed by atoms with Gasteiger partial charge in [-0.2, -0.15) is 5.10 Å². The van der Waals surface area contributed by atoms with Gasteiger partial charge in [-0.15, -0.1) is 5.10 Å². The molecule has 10 heteroatoms. The van der Waals surface area contributed by atoms with E-state index in [2.05, 4.69) is 39.1 Å². The van der Waals surface area contributed by atoms with Crippen LogP contribution in [0.1, 0.15) is 64.5 Å². The van der Waals surface area contributed by atoms with E-state index in [9.17, 15) is 9.59 Å². The number of ether oxygens (including phenoxy) is 2. The van der Waals surface area contributed by atoms with Gasteiger partial charge >= 0.3 is 5.97 Å². The first kappa shape index (κ1) is 25.3. The Morgan fingerprint density at radius 2 is 2.00 bits per heavy atom. The van der Waals surface area contributed by atoms with E-state index in [1.807, 2.05) is 29.3 Å². The minimum absolute atomic E-state index is 0.0349. The van der Waals surface area contributed by atoms with Crippen molar-refractivity contribution in [3.63, 3.8) is 0 Å². The molecule has 1 amide bonds. The number of hydrogen-bond acceptors (Lipinski definition) is 9. The zero-order valence-electron chi connectivity index (χ0n) is 22.7. The smallest absolute Gasteiger partial charge is 0.338 e. The molecule has 5 aliphatic rings. The second-order valence-electron chi connectivity index (χ2n) is 11.4. The molecule has 5 heterocycles. The summed E-state index contributed by atoms with van der Waals surface area (Å²) < 4.78 is 11.5. The summed E-state index contributed by atoms with van der Waals surface area (Å²) in [6.45, 7) is 6.17. The van der Waals surface area contributed by atoms with E-state index in [4.69, 9.17) is 14.5 Å². The monoisotopic (exact) mass is 542 g/mol. The van der Waals surface area contributed by atoms with Crippen LogP contribution in [0.3, 0.4) is 0 Å². The van der Waals surface area contributed by atoms with Gasteiger partial charge in [0.2, 0.25) is 5.91 Å². The molecule has 1 aromatic carbocycles. The minimum Gasteiger partial charge on any atom is -0.462 e. The van der Waals surface area contributed by atoms with E-state index in [1.165, 1.54) is 0 Å². The van der Waals surface area contributed by atoms with Gasteiger partial charge in [0.15, 0.2) is 0 Å². The molecule has 4 unspecified atom stereocenters. The summed E-state index contributed by atoms with van der Waals surface area (Å²) in [6, 6.07) is 10.5. The molecule has 208 valence electrons. The molecular weight excluding hydrogens is 508 g/mol. The number of piperazine rings is 1. The molecule has 4 aliphatic heterocycles. The predicted octanol–water partition coefficient (Wildman–Crippen LogP) is 2.72. The molecule has 0 bridgehead atoms. The number of carbonyl (C=O) groups is 2. The molecule has 0 radical (unpaired) electrons. The van der Waals surface area contributed by atoms with Gasteiger partial charge in [0.05, 0.1) is 36.8 Å². The zero-order chi connectivity index (χ0) is 27.2. The SMILES string of the molecule is CC1CC=NN=CN1c1ccc2c(n1)CCC2C(=O)N1CCN2CC(c3ccc4c(c3)CCOC4=O)OCC2C1. The van der Waals surface area contributed by atoms with Crippen molar-refractivity contribution in [2.24, 2.45) is 10.2 Å². The van der Waals surface area contributed by atoms with E-state index in [1.54, 1.807) is 6.34 Å². The lowest BCUT2D eigenvalue weighted by Gasteiger charge is -2.46. The summed E-state index contributed by atoms with van der Waals surface area (Å²) in [5, 5.41) is 8.11. The van der Waals surface area contributed by atoms with Crippen LogP contribution in [0.4, 0.5) is 5.82 Å². The van der Waals surface area contributed by atoms with Crippen LogP contribution >= 0.6 is 0 Å². The average Bonchev–Trinajstić information content (AvgIpc) is 3.29. The number of hydrogen-bond donors (Lipinski definition) is 0. The number of aromatic nitrogens is 1. The maximum absolute atomic E-state index is 13.7. The molecule has 2 aromatic rings. The largest absolute Gasteiger partial charge is 0.462 e.